The summed E-state index contributed by atoms with van der Waals surface area (Å²) in [4.78, 5) is 11.5. The minimum absolute atomic E-state index is 0.0221. The van der Waals surface area contributed by atoms with Gasteiger partial charge in [-0.15, -0.1) is 11.6 Å². The van der Waals surface area contributed by atoms with Crippen molar-refractivity contribution < 1.29 is 9.53 Å². The van der Waals surface area contributed by atoms with Crippen LogP contribution in [0.4, 0.5) is 0 Å². The maximum absolute atomic E-state index is 11.5. The second-order valence-electron chi connectivity index (χ2n) is 3.42. The number of aryl methyl sites for hydroxylation is 2. The first kappa shape index (κ1) is 12.1. The molecule has 0 aliphatic rings. The summed E-state index contributed by atoms with van der Waals surface area (Å²) in [6, 6.07) is 3.73. The minimum atomic E-state index is -0.0414. The Labute approximate surface area is 95.2 Å². The third-order valence-corrected chi connectivity index (χ3v) is 2.49. The SMILES string of the molecule is CCOc1cc(C)c(C(=O)CCl)cc1C. The maximum Gasteiger partial charge on any atom is 0.177 e. The maximum atomic E-state index is 11.5. The number of hydrogen-bond acceptors (Lipinski definition) is 2. The smallest absolute Gasteiger partial charge is 0.177 e. The molecule has 1 rings (SSSR count). The molecule has 0 radical (unpaired) electrons. The van der Waals surface area contributed by atoms with Gasteiger partial charge in [0.25, 0.3) is 0 Å². The molecule has 0 aliphatic heterocycles. The van der Waals surface area contributed by atoms with Crippen LogP contribution in [0.3, 0.4) is 0 Å². The van der Waals surface area contributed by atoms with Crippen LogP contribution in [0.2, 0.25) is 0 Å². The van der Waals surface area contributed by atoms with E-state index in [1.165, 1.54) is 0 Å². The minimum Gasteiger partial charge on any atom is -0.494 e. The largest absolute Gasteiger partial charge is 0.494 e. The first-order chi connectivity index (χ1) is 7.10. The van der Waals surface area contributed by atoms with Gasteiger partial charge in [0.05, 0.1) is 12.5 Å². The highest BCUT2D eigenvalue weighted by atomic mass is 35.5. The molecule has 2 nitrogen and oxygen atoms in total. The Bertz CT molecular complexity index is 372. The number of ketones is 1. The van der Waals surface area contributed by atoms with Crippen LogP contribution in [-0.4, -0.2) is 18.3 Å². The lowest BCUT2D eigenvalue weighted by molar-refractivity contribution is 0.102. The van der Waals surface area contributed by atoms with Crippen molar-refractivity contribution in [1.82, 2.24) is 0 Å². The van der Waals surface area contributed by atoms with Gasteiger partial charge in [0.1, 0.15) is 5.75 Å². The molecule has 0 bridgehead atoms. The molecule has 0 N–H and O–H groups in total. The van der Waals surface area contributed by atoms with Gasteiger partial charge in [0.15, 0.2) is 5.78 Å². The molecule has 0 saturated carbocycles. The van der Waals surface area contributed by atoms with Crippen LogP contribution < -0.4 is 4.74 Å². The fourth-order valence-corrected chi connectivity index (χ4v) is 1.62. The monoisotopic (exact) mass is 226 g/mol. The van der Waals surface area contributed by atoms with Crippen molar-refractivity contribution in [1.29, 1.82) is 0 Å². The first-order valence-electron chi connectivity index (χ1n) is 4.93. The molecule has 0 atom stereocenters. The van der Waals surface area contributed by atoms with Crippen LogP contribution in [0.15, 0.2) is 12.1 Å². The highest BCUT2D eigenvalue weighted by Gasteiger charge is 2.11. The molecule has 1 aromatic rings. The molecule has 0 saturated heterocycles. The number of carbonyl (C=O) groups excluding carboxylic acids is 1. The third kappa shape index (κ3) is 2.72. The molecule has 0 fully saturated rings. The molecule has 0 spiro atoms. The van der Waals surface area contributed by atoms with Gasteiger partial charge in [-0.1, -0.05) is 0 Å². The second-order valence-corrected chi connectivity index (χ2v) is 3.69. The summed E-state index contributed by atoms with van der Waals surface area (Å²) in [6.45, 7) is 6.38. The predicted octanol–water partition coefficient (Wildman–Crippen LogP) is 3.12. The Kier molecular flexibility index (Phi) is 4.15. The number of alkyl halides is 1. The number of ether oxygens (including phenoxy) is 1. The van der Waals surface area contributed by atoms with E-state index < -0.39 is 0 Å². The Morgan fingerprint density at radius 3 is 2.53 bits per heavy atom. The lowest BCUT2D eigenvalue weighted by atomic mass is 10.0. The number of halogens is 1. The zero-order valence-electron chi connectivity index (χ0n) is 9.26. The van der Waals surface area contributed by atoms with Crippen molar-refractivity contribution in [2.45, 2.75) is 20.8 Å². The predicted molar refractivity (Wildman–Crippen MR) is 62.1 cm³/mol. The number of hydrogen-bond donors (Lipinski definition) is 0. The van der Waals surface area contributed by atoms with E-state index in [0.29, 0.717) is 12.2 Å². The number of benzene rings is 1. The number of rotatable bonds is 4. The molecule has 0 amide bonds. The Morgan fingerprint density at radius 2 is 2.00 bits per heavy atom. The molecule has 3 heteroatoms. The van der Waals surface area contributed by atoms with E-state index in [-0.39, 0.29) is 11.7 Å². The Balaban J connectivity index is 3.13. The van der Waals surface area contributed by atoms with E-state index >= 15 is 0 Å². The summed E-state index contributed by atoms with van der Waals surface area (Å²) in [6.07, 6.45) is 0. The van der Waals surface area contributed by atoms with Crippen molar-refractivity contribution in [2.24, 2.45) is 0 Å². The van der Waals surface area contributed by atoms with Crippen LogP contribution in [0, 0.1) is 13.8 Å². The van der Waals surface area contributed by atoms with Crippen molar-refractivity contribution in [2.75, 3.05) is 12.5 Å². The highest BCUT2D eigenvalue weighted by molar-refractivity contribution is 6.30. The number of Topliss-reactive ketones (excluding diaryl/α,β-unsaturated/α-hetero) is 1. The first-order valence-corrected chi connectivity index (χ1v) is 5.46. The fourth-order valence-electron chi connectivity index (χ4n) is 1.47. The van der Waals surface area contributed by atoms with Gasteiger partial charge in [-0.2, -0.15) is 0 Å². The van der Waals surface area contributed by atoms with Gasteiger partial charge in [0.2, 0.25) is 0 Å². The van der Waals surface area contributed by atoms with Crippen molar-refractivity contribution in [3.63, 3.8) is 0 Å². The van der Waals surface area contributed by atoms with E-state index in [2.05, 4.69) is 0 Å². The highest BCUT2D eigenvalue weighted by Crippen LogP contribution is 2.23. The molecule has 0 aromatic heterocycles. The summed E-state index contributed by atoms with van der Waals surface area (Å²) >= 11 is 5.53. The van der Waals surface area contributed by atoms with Crippen molar-refractivity contribution >= 4 is 17.4 Å². The van der Waals surface area contributed by atoms with E-state index in [0.717, 1.165) is 16.9 Å². The van der Waals surface area contributed by atoms with Gasteiger partial charge >= 0.3 is 0 Å². The lowest BCUT2D eigenvalue weighted by Gasteiger charge is -2.11. The average molecular weight is 227 g/mol. The normalized spacial score (nSPS) is 10.1. The van der Waals surface area contributed by atoms with Crippen molar-refractivity contribution in [3.8, 4) is 5.75 Å². The van der Waals surface area contributed by atoms with Crippen LogP contribution in [-0.2, 0) is 0 Å². The summed E-state index contributed by atoms with van der Waals surface area (Å²) < 4.78 is 5.44. The standard InChI is InChI=1S/C12H15ClO2/c1-4-15-12-6-8(2)10(5-9(12)3)11(14)7-13/h5-6H,4,7H2,1-3H3. The fraction of sp³-hybridized carbons (Fsp3) is 0.417. The second kappa shape index (κ2) is 5.17. The molecule has 1 aromatic carbocycles. The van der Waals surface area contributed by atoms with E-state index in [1.54, 1.807) is 0 Å². The number of carbonyl (C=O) groups is 1. The van der Waals surface area contributed by atoms with Gasteiger partial charge in [-0.3, -0.25) is 4.79 Å². The van der Waals surface area contributed by atoms with E-state index in [1.807, 2.05) is 32.9 Å². The molecule has 15 heavy (non-hydrogen) atoms. The molecular formula is C12H15ClO2. The Hall–Kier alpha value is -1.02. The van der Waals surface area contributed by atoms with Crippen LogP contribution in [0.1, 0.15) is 28.4 Å². The lowest BCUT2D eigenvalue weighted by Crippen LogP contribution is -2.05. The van der Waals surface area contributed by atoms with Gasteiger partial charge in [-0.05, 0) is 44.0 Å². The van der Waals surface area contributed by atoms with Gasteiger partial charge in [0, 0.05) is 5.56 Å². The molecular weight excluding hydrogens is 212 g/mol. The molecule has 0 heterocycles. The summed E-state index contributed by atoms with van der Waals surface area (Å²) in [5, 5.41) is 0. The molecule has 82 valence electrons. The van der Waals surface area contributed by atoms with Crippen LogP contribution >= 0.6 is 11.6 Å². The summed E-state index contributed by atoms with van der Waals surface area (Å²) in [5.74, 6) is 0.815. The van der Waals surface area contributed by atoms with Gasteiger partial charge in [-0.25, -0.2) is 0 Å². The van der Waals surface area contributed by atoms with E-state index in [4.69, 9.17) is 16.3 Å². The zero-order chi connectivity index (χ0) is 11.4. The Morgan fingerprint density at radius 1 is 1.33 bits per heavy atom. The molecule has 0 unspecified atom stereocenters. The summed E-state index contributed by atoms with van der Waals surface area (Å²) in [5.41, 5.74) is 2.57. The zero-order valence-corrected chi connectivity index (χ0v) is 10.0. The summed E-state index contributed by atoms with van der Waals surface area (Å²) in [7, 11) is 0. The van der Waals surface area contributed by atoms with Crippen LogP contribution in [0.5, 0.6) is 5.75 Å². The quantitative estimate of drug-likeness (QED) is 0.583. The van der Waals surface area contributed by atoms with Crippen LogP contribution in [0.25, 0.3) is 0 Å². The van der Waals surface area contributed by atoms with Crippen molar-refractivity contribution in [3.05, 3.63) is 28.8 Å². The van der Waals surface area contributed by atoms with E-state index in [9.17, 15) is 4.79 Å². The van der Waals surface area contributed by atoms with Gasteiger partial charge < -0.3 is 4.74 Å². The third-order valence-electron chi connectivity index (χ3n) is 2.24. The topological polar surface area (TPSA) is 26.3 Å². The molecule has 0 aliphatic carbocycles. The average Bonchev–Trinajstić information content (AvgIpc) is 2.22.